The van der Waals surface area contributed by atoms with Crippen molar-refractivity contribution in [2.24, 2.45) is 0 Å². The van der Waals surface area contributed by atoms with Crippen LogP contribution in [0.4, 0.5) is 25.0 Å². The van der Waals surface area contributed by atoms with Gasteiger partial charge in [-0.15, -0.1) is 0 Å². The summed E-state index contributed by atoms with van der Waals surface area (Å²) in [7, 11) is 0. The van der Waals surface area contributed by atoms with Crippen LogP contribution < -0.4 is 30.6 Å². The zero-order chi connectivity index (χ0) is 37.1. The van der Waals surface area contributed by atoms with Crippen molar-refractivity contribution in [3.63, 3.8) is 0 Å². The zero-order valence-corrected chi connectivity index (χ0v) is 29.0. The Morgan fingerprint density at radius 3 is 2.25 bits per heavy atom. The maximum atomic E-state index is 14.9. The molecular formula is C36H38F2N9O6-. The van der Waals surface area contributed by atoms with Gasteiger partial charge in [-0.25, -0.2) is 32.5 Å². The summed E-state index contributed by atoms with van der Waals surface area (Å²) in [6.07, 6.45) is 2.31. The summed E-state index contributed by atoms with van der Waals surface area (Å²) in [5.41, 5.74) is 2.43. The highest BCUT2D eigenvalue weighted by Gasteiger charge is 2.46. The highest BCUT2D eigenvalue weighted by atomic mass is 19.1. The SMILES string of the molecule is CC(NC(=O)[O-])C(C)n1ncn(-c2ccc(N3CCN(c4ccc(OCC5COC(Cn6cncn6)(c6ccc(F)cc6F)O5)cc4)CC3)cc2)c1=O. The van der Waals surface area contributed by atoms with Crippen LogP contribution in [0.1, 0.15) is 25.5 Å². The zero-order valence-electron chi connectivity index (χ0n) is 29.0. The normalized spacial score (nSPS) is 20.0. The minimum Gasteiger partial charge on any atom is -0.530 e. The first-order chi connectivity index (χ1) is 25.6. The van der Waals surface area contributed by atoms with E-state index in [9.17, 15) is 23.5 Å². The molecule has 53 heavy (non-hydrogen) atoms. The van der Waals surface area contributed by atoms with Gasteiger partial charge in [0.15, 0.2) is 0 Å². The number of amides is 1. The van der Waals surface area contributed by atoms with E-state index in [0.717, 1.165) is 49.7 Å². The first-order valence-electron chi connectivity index (χ1n) is 17.1. The molecule has 0 radical (unpaired) electrons. The lowest BCUT2D eigenvalue weighted by molar-refractivity contribution is -0.251. The number of ether oxygens (including phenoxy) is 3. The number of piperazine rings is 1. The van der Waals surface area contributed by atoms with Gasteiger partial charge in [0.05, 0.1) is 18.3 Å². The highest BCUT2D eigenvalue weighted by Crippen LogP contribution is 2.38. The van der Waals surface area contributed by atoms with Gasteiger partial charge in [-0.3, -0.25) is 0 Å². The molecule has 3 aromatic carbocycles. The first kappa shape index (κ1) is 35.6. The predicted molar refractivity (Wildman–Crippen MR) is 186 cm³/mol. The molecule has 7 rings (SSSR count). The van der Waals surface area contributed by atoms with Crippen LogP contribution in [0.15, 0.2) is 90.5 Å². The number of nitrogens with zero attached hydrogens (tertiary/aromatic N) is 8. The van der Waals surface area contributed by atoms with Crippen molar-refractivity contribution in [1.29, 1.82) is 0 Å². The number of carbonyl (C=O) groups is 1. The molecular weight excluding hydrogens is 692 g/mol. The van der Waals surface area contributed by atoms with Crippen molar-refractivity contribution >= 4 is 17.5 Å². The van der Waals surface area contributed by atoms with Gasteiger partial charge in [0, 0.05) is 55.2 Å². The van der Waals surface area contributed by atoms with E-state index in [4.69, 9.17) is 14.2 Å². The standard InChI is InChI=1S/C36H39F2N9O6/c1-24(42-34(48)49)25(2)47-35(50)46(23-41-47)29-6-4-27(5-7-29)43-13-15-44(16-14-43)28-8-10-30(11-9-28)51-18-31-19-52-36(53-31,20-45-22-39-21-40-45)32-12-3-26(37)17-33(32)38/h3-12,17,21-25,31,42H,13-16,18-20H2,1-2H3,(H,48,49)/p-1. The number of halogens is 2. The molecule has 278 valence electrons. The minimum absolute atomic E-state index is 0.0154. The Morgan fingerprint density at radius 1 is 0.962 bits per heavy atom. The van der Waals surface area contributed by atoms with Gasteiger partial charge in [0.1, 0.15) is 61.7 Å². The van der Waals surface area contributed by atoms with Crippen molar-refractivity contribution < 1.29 is 32.9 Å². The lowest BCUT2D eigenvalue weighted by Crippen LogP contribution is -2.46. The van der Waals surface area contributed by atoms with Gasteiger partial charge in [0.2, 0.25) is 5.79 Å². The maximum absolute atomic E-state index is 14.9. The molecule has 0 spiro atoms. The second-order valence-electron chi connectivity index (χ2n) is 13.0. The molecule has 4 heterocycles. The number of hydrogen-bond acceptors (Lipinski definition) is 11. The molecule has 2 fully saturated rings. The summed E-state index contributed by atoms with van der Waals surface area (Å²) in [5.74, 6) is -2.38. The summed E-state index contributed by atoms with van der Waals surface area (Å²) in [6, 6.07) is 17.7. The quantitative estimate of drug-likeness (QED) is 0.201. The maximum Gasteiger partial charge on any atom is 0.350 e. The number of anilines is 2. The Balaban J connectivity index is 0.915. The van der Waals surface area contributed by atoms with Gasteiger partial charge in [-0.2, -0.15) is 10.2 Å². The number of carboxylic acid groups (broad SMARTS) is 1. The summed E-state index contributed by atoms with van der Waals surface area (Å²) in [6.45, 7) is 6.83. The van der Waals surface area contributed by atoms with E-state index in [1.54, 1.807) is 13.8 Å². The van der Waals surface area contributed by atoms with Gasteiger partial charge >= 0.3 is 5.69 Å². The topological polar surface area (TPSA) is 157 Å². The molecule has 0 aliphatic carbocycles. The van der Waals surface area contributed by atoms with Crippen molar-refractivity contribution in [3.8, 4) is 11.4 Å². The van der Waals surface area contributed by atoms with Crippen molar-refractivity contribution in [2.75, 3.05) is 49.2 Å². The van der Waals surface area contributed by atoms with E-state index >= 15 is 0 Å². The highest BCUT2D eigenvalue weighted by molar-refractivity contribution is 5.62. The Kier molecular flexibility index (Phi) is 10.1. The third-order valence-corrected chi connectivity index (χ3v) is 9.60. The van der Waals surface area contributed by atoms with E-state index < -0.39 is 41.7 Å². The van der Waals surface area contributed by atoms with Crippen molar-refractivity contribution in [3.05, 3.63) is 113 Å². The van der Waals surface area contributed by atoms with E-state index in [-0.39, 0.29) is 31.0 Å². The van der Waals surface area contributed by atoms with Crippen LogP contribution in [0.5, 0.6) is 5.75 Å². The molecule has 0 bridgehead atoms. The third kappa shape index (κ3) is 7.71. The Morgan fingerprint density at radius 2 is 1.62 bits per heavy atom. The predicted octanol–water partition coefficient (Wildman–Crippen LogP) is 2.46. The molecule has 1 N–H and O–H groups in total. The van der Waals surface area contributed by atoms with Crippen LogP contribution in [0, 0.1) is 11.6 Å². The fraction of sp³-hybridized carbons (Fsp3) is 0.361. The van der Waals surface area contributed by atoms with E-state index in [1.807, 2.05) is 48.5 Å². The second kappa shape index (κ2) is 15.0. The Labute approximate surface area is 302 Å². The molecule has 4 unspecified atom stereocenters. The second-order valence-corrected chi connectivity index (χ2v) is 13.0. The summed E-state index contributed by atoms with van der Waals surface area (Å²) >= 11 is 0. The molecule has 2 aliphatic rings. The number of nitrogens with one attached hydrogen (secondary N) is 1. The lowest BCUT2D eigenvalue weighted by Gasteiger charge is -2.37. The Bertz CT molecular complexity index is 2070. The molecule has 2 aliphatic heterocycles. The van der Waals surface area contributed by atoms with Gasteiger partial charge in [-0.1, -0.05) is 0 Å². The molecule has 5 aromatic rings. The third-order valence-electron chi connectivity index (χ3n) is 9.60. The number of rotatable bonds is 12. The van der Waals surface area contributed by atoms with Gasteiger partial charge < -0.3 is 39.2 Å². The summed E-state index contributed by atoms with van der Waals surface area (Å²) < 4.78 is 51.0. The van der Waals surface area contributed by atoms with Crippen LogP contribution in [0.25, 0.3) is 5.69 Å². The van der Waals surface area contributed by atoms with Crippen LogP contribution in [0.2, 0.25) is 0 Å². The summed E-state index contributed by atoms with van der Waals surface area (Å²) in [4.78, 5) is 32.4. The summed E-state index contributed by atoms with van der Waals surface area (Å²) in [5, 5.41) is 21.5. The fourth-order valence-corrected chi connectivity index (χ4v) is 6.56. The largest absolute Gasteiger partial charge is 0.530 e. The number of aromatic nitrogens is 6. The van der Waals surface area contributed by atoms with E-state index in [2.05, 4.69) is 30.3 Å². The smallest absolute Gasteiger partial charge is 0.350 e. The van der Waals surface area contributed by atoms with Crippen LogP contribution in [-0.2, 0) is 21.8 Å². The number of hydrogen-bond donors (Lipinski definition) is 1. The molecule has 4 atom stereocenters. The molecule has 17 heteroatoms. The Hall–Kier alpha value is -5.81. The fourth-order valence-electron chi connectivity index (χ4n) is 6.56. The van der Waals surface area contributed by atoms with Gasteiger partial charge in [-0.05, 0) is 74.5 Å². The van der Waals surface area contributed by atoms with Crippen LogP contribution in [0.3, 0.4) is 0 Å². The first-order valence-corrected chi connectivity index (χ1v) is 17.1. The molecule has 2 aromatic heterocycles. The van der Waals surface area contributed by atoms with E-state index in [1.165, 1.54) is 39.0 Å². The molecule has 0 saturated carbocycles. The lowest BCUT2D eigenvalue weighted by atomic mass is 10.0. The van der Waals surface area contributed by atoms with Crippen LogP contribution >= 0.6 is 0 Å². The molecule has 2 saturated heterocycles. The van der Waals surface area contributed by atoms with Crippen molar-refractivity contribution in [2.45, 2.75) is 44.4 Å². The van der Waals surface area contributed by atoms with E-state index in [0.29, 0.717) is 11.4 Å². The number of carbonyl (C=O) groups excluding carboxylic acids is 1. The average Bonchev–Trinajstić information content (AvgIpc) is 3.92. The van der Waals surface area contributed by atoms with Crippen LogP contribution in [-0.4, -0.2) is 86.7 Å². The van der Waals surface area contributed by atoms with Crippen molar-refractivity contribution in [1.82, 2.24) is 34.4 Å². The molecule has 15 nitrogen and oxygen atoms in total. The number of benzene rings is 3. The van der Waals surface area contributed by atoms with Gasteiger partial charge in [0.25, 0.3) is 0 Å². The average molecular weight is 731 g/mol. The minimum atomic E-state index is -1.53. The molecule has 1 amide bonds. The monoisotopic (exact) mass is 730 g/mol.